The van der Waals surface area contributed by atoms with Crippen molar-refractivity contribution in [3.8, 4) is 0 Å². The molecule has 1 saturated heterocycles. The van der Waals surface area contributed by atoms with Crippen molar-refractivity contribution >= 4 is 20.8 Å². The second-order valence-electron chi connectivity index (χ2n) is 6.65. The molecule has 22 heavy (non-hydrogen) atoms. The average molecular weight is 315 g/mol. The molecule has 1 aliphatic heterocycles. The van der Waals surface area contributed by atoms with Crippen molar-refractivity contribution < 1.29 is 8.42 Å². The summed E-state index contributed by atoms with van der Waals surface area (Å²) in [5.74, 6) is 0.624. The maximum absolute atomic E-state index is 13.1. The highest BCUT2D eigenvalue weighted by atomic mass is 32.2. The first-order valence-corrected chi connectivity index (χ1v) is 9.55. The Hall–Kier alpha value is -1.39. The zero-order valence-corrected chi connectivity index (χ0v) is 13.7. The lowest BCUT2D eigenvalue weighted by atomic mass is 10.0. The maximum atomic E-state index is 13.1. The van der Waals surface area contributed by atoms with E-state index in [9.17, 15) is 8.42 Å². The molecule has 0 saturated carbocycles. The molecule has 116 valence electrons. The fourth-order valence-electron chi connectivity index (χ4n) is 3.81. The van der Waals surface area contributed by atoms with E-state index in [0.717, 1.165) is 31.1 Å². The minimum absolute atomic E-state index is 0.490. The van der Waals surface area contributed by atoms with E-state index in [0.29, 0.717) is 23.9 Å². The summed E-state index contributed by atoms with van der Waals surface area (Å²) in [6, 6.07) is 9.91. The molecular weight excluding hydrogens is 294 g/mol. The molecule has 0 aromatic heterocycles. The fourth-order valence-corrected chi connectivity index (χ4v) is 5.47. The molecule has 0 amide bonds. The summed E-state index contributed by atoms with van der Waals surface area (Å²) in [6.45, 7) is 3.49. The van der Waals surface area contributed by atoms with Crippen LogP contribution in [0.2, 0.25) is 0 Å². The highest BCUT2D eigenvalue weighted by Crippen LogP contribution is 2.36. The lowest BCUT2D eigenvalue weighted by Gasteiger charge is -2.29. The summed E-state index contributed by atoms with van der Waals surface area (Å²) in [5, 5.41) is 2.08. The molecule has 0 spiro atoms. The van der Waals surface area contributed by atoms with E-state index < -0.39 is 10.0 Å². The van der Waals surface area contributed by atoms with Gasteiger partial charge in [0.25, 0.3) is 0 Å². The number of aryl methyl sites for hydroxylation is 2. The van der Waals surface area contributed by atoms with Gasteiger partial charge in [-0.1, -0.05) is 31.2 Å². The van der Waals surface area contributed by atoms with Crippen LogP contribution in [0.15, 0.2) is 35.2 Å². The van der Waals surface area contributed by atoms with Gasteiger partial charge in [0.2, 0.25) is 10.0 Å². The third kappa shape index (κ3) is 2.09. The number of benzene rings is 2. The second-order valence-corrected chi connectivity index (χ2v) is 8.56. The number of piperidine rings is 1. The zero-order chi connectivity index (χ0) is 15.3. The third-order valence-corrected chi connectivity index (χ3v) is 7.15. The number of nitrogens with zero attached hydrogens (tertiary/aromatic N) is 1. The summed E-state index contributed by atoms with van der Waals surface area (Å²) in [5.41, 5.74) is 2.58. The lowest BCUT2D eigenvalue weighted by Crippen LogP contribution is -2.37. The van der Waals surface area contributed by atoms with Gasteiger partial charge < -0.3 is 0 Å². The zero-order valence-electron chi connectivity index (χ0n) is 12.9. The molecule has 0 unspecified atom stereocenters. The van der Waals surface area contributed by atoms with Gasteiger partial charge in [0.15, 0.2) is 0 Å². The Kier molecular flexibility index (Phi) is 3.27. The van der Waals surface area contributed by atoms with Gasteiger partial charge in [0, 0.05) is 18.5 Å². The summed E-state index contributed by atoms with van der Waals surface area (Å²) >= 11 is 0. The van der Waals surface area contributed by atoms with Crippen molar-refractivity contribution in [3.05, 3.63) is 41.5 Å². The average Bonchev–Trinajstić information content (AvgIpc) is 2.93. The molecular formula is C18H21NO2S. The third-order valence-electron chi connectivity index (χ3n) is 5.20. The van der Waals surface area contributed by atoms with E-state index >= 15 is 0 Å². The molecule has 0 atom stereocenters. The quantitative estimate of drug-likeness (QED) is 0.852. The molecule has 4 rings (SSSR count). The molecule has 2 aromatic rings. The van der Waals surface area contributed by atoms with Gasteiger partial charge in [0.1, 0.15) is 0 Å². The second kappa shape index (κ2) is 5.07. The Labute approximate surface area is 132 Å². The van der Waals surface area contributed by atoms with Crippen molar-refractivity contribution in [2.45, 2.75) is 37.5 Å². The van der Waals surface area contributed by atoms with Gasteiger partial charge >= 0.3 is 0 Å². The minimum Gasteiger partial charge on any atom is -0.207 e. The molecule has 3 nitrogen and oxygen atoms in total. The van der Waals surface area contributed by atoms with Crippen molar-refractivity contribution in [1.82, 2.24) is 4.31 Å². The van der Waals surface area contributed by atoms with Crippen LogP contribution < -0.4 is 0 Å². The Bertz CT molecular complexity index is 823. The summed E-state index contributed by atoms with van der Waals surface area (Å²) in [6.07, 6.45) is 3.97. The number of rotatable bonds is 2. The van der Waals surface area contributed by atoms with E-state index in [1.807, 2.05) is 24.3 Å². The Balaban J connectivity index is 1.85. The van der Waals surface area contributed by atoms with Gasteiger partial charge in [-0.2, -0.15) is 4.31 Å². The van der Waals surface area contributed by atoms with E-state index in [2.05, 4.69) is 13.0 Å². The van der Waals surface area contributed by atoms with Gasteiger partial charge in [-0.15, -0.1) is 0 Å². The summed E-state index contributed by atoms with van der Waals surface area (Å²) < 4.78 is 27.8. The van der Waals surface area contributed by atoms with Crippen LogP contribution in [0.5, 0.6) is 0 Å². The van der Waals surface area contributed by atoms with Gasteiger partial charge in [-0.3, -0.25) is 0 Å². The molecule has 1 fully saturated rings. The van der Waals surface area contributed by atoms with E-state index in [1.165, 1.54) is 16.5 Å². The Morgan fingerprint density at radius 1 is 1.00 bits per heavy atom. The van der Waals surface area contributed by atoms with Gasteiger partial charge in [-0.25, -0.2) is 8.42 Å². The molecule has 4 heteroatoms. The largest absolute Gasteiger partial charge is 0.243 e. The predicted octanol–water partition coefficient (Wildman–Crippen LogP) is 3.36. The SMILES string of the molecule is CC1CCN(S(=O)(=O)c2ccc3c4c(cccc24)CC3)CC1. The first-order chi connectivity index (χ1) is 10.6. The topological polar surface area (TPSA) is 37.4 Å². The number of sulfonamides is 1. The Morgan fingerprint density at radius 2 is 1.68 bits per heavy atom. The Morgan fingerprint density at radius 3 is 2.41 bits per heavy atom. The maximum Gasteiger partial charge on any atom is 0.243 e. The van der Waals surface area contributed by atoms with Crippen LogP contribution in [0.4, 0.5) is 0 Å². The predicted molar refractivity (Wildman–Crippen MR) is 88.5 cm³/mol. The van der Waals surface area contributed by atoms with Crippen LogP contribution in [0.1, 0.15) is 30.9 Å². The monoisotopic (exact) mass is 315 g/mol. The normalized spacial score (nSPS) is 19.9. The van der Waals surface area contributed by atoms with Crippen LogP contribution in [0.3, 0.4) is 0 Å². The molecule has 0 N–H and O–H groups in total. The van der Waals surface area contributed by atoms with Gasteiger partial charge in [-0.05, 0) is 54.2 Å². The summed E-state index contributed by atoms with van der Waals surface area (Å²) in [4.78, 5) is 0.490. The fraction of sp³-hybridized carbons (Fsp3) is 0.444. The molecule has 1 aliphatic carbocycles. The highest BCUT2D eigenvalue weighted by Gasteiger charge is 2.30. The molecule has 2 aliphatic rings. The first kappa shape index (κ1) is 14.2. The number of hydrogen-bond acceptors (Lipinski definition) is 2. The molecule has 0 radical (unpaired) electrons. The van der Waals surface area contributed by atoms with Crippen LogP contribution in [0.25, 0.3) is 10.8 Å². The minimum atomic E-state index is -3.38. The van der Waals surface area contributed by atoms with Crippen molar-refractivity contribution in [3.63, 3.8) is 0 Å². The first-order valence-electron chi connectivity index (χ1n) is 8.11. The lowest BCUT2D eigenvalue weighted by molar-refractivity contribution is 0.288. The van der Waals surface area contributed by atoms with Crippen LogP contribution >= 0.6 is 0 Å². The highest BCUT2D eigenvalue weighted by molar-refractivity contribution is 7.89. The molecule has 1 heterocycles. The van der Waals surface area contributed by atoms with Crippen LogP contribution in [-0.2, 0) is 22.9 Å². The molecule has 2 aromatic carbocycles. The molecule has 0 bridgehead atoms. The van der Waals surface area contributed by atoms with E-state index in [1.54, 1.807) is 4.31 Å². The van der Waals surface area contributed by atoms with E-state index in [-0.39, 0.29) is 0 Å². The van der Waals surface area contributed by atoms with Crippen LogP contribution in [-0.4, -0.2) is 25.8 Å². The van der Waals surface area contributed by atoms with Crippen molar-refractivity contribution in [2.75, 3.05) is 13.1 Å². The van der Waals surface area contributed by atoms with Crippen molar-refractivity contribution in [2.24, 2.45) is 5.92 Å². The summed E-state index contributed by atoms with van der Waals surface area (Å²) in [7, 11) is -3.38. The number of hydrogen-bond donors (Lipinski definition) is 0. The van der Waals surface area contributed by atoms with Crippen LogP contribution in [0, 0.1) is 5.92 Å². The van der Waals surface area contributed by atoms with E-state index in [4.69, 9.17) is 0 Å². The van der Waals surface area contributed by atoms with Gasteiger partial charge in [0.05, 0.1) is 4.90 Å². The smallest absolute Gasteiger partial charge is 0.207 e. The standard InChI is InChI=1S/C18H21NO2S/c1-13-9-11-19(12-10-13)22(20,21)17-8-7-15-6-5-14-3-2-4-16(17)18(14)15/h2-4,7-8,13H,5-6,9-12H2,1H3. The van der Waals surface area contributed by atoms with Crippen molar-refractivity contribution in [1.29, 1.82) is 0 Å².